The van der Waals surface area contributed by atoms with Gasteiger partial charge in [0, 0.05) is 0 Å². The van der Waals surface area contributed by atoms with Gasteiger partial charge in [-0.1, -0.05) is 11.3 Å². The van der Waals surface area contributed by atoms with Crippen molar-refractivity contribution in [2.75, 3.05) is 0 Å². The summed E-state index contributed by atoms with van der Waals surface area (Å²) in [5, 5.41) is 1.26. The van der Waals surface area contributed by atoms with Crippen LogP contribution in [0, 0.1) is 0 Å². The van der Waals surface area contributed by atoms with Crippen LogP contribution in [0.5, 0.6) is 0 Å². The molecule has 0 aliphatic rings. The molecule has 0 aliphatic heterocycles. The number of rotatable bonds is 2. The lowest BCUT2D eigenvalue weighted by Crippen LogP contribution is -1.95. The third kappa shape index (κ3) is 3.98. The van der Waals surface area contributed by atoms with Crippen molar-refractivity contribution in [2.45, 2.75) is 13.8 Å². The van der Waals surface area contributed by atoms with E-state index >= 15 is 0 Å². The molecule has 0 fully saturated rings. The fraction of sp³-hybridized carbons (Fsp3) is 0.500. The maximum Gasteiger partial charge on any atom is 0.251 e. The van der Waals surface area contributed by atoms with Crippen molar-refractivity contribution in [3.63, 3.8) is 0 Å². The van der Waals surface area contributed by atoms with E-state index < -0.39 is 0 Å². The fourth-order valence-electron chi connectivity index (χ4n) is 0.139. The molecule has 3 heteroatoms. The van der Waals surface area contributed by atoms with Crippen LogP contribution in [0.25, 0.3) is 0 Å². The summed E-state index contributed by atoms with van der Waals surface area (Å²) >= 11 is 0. The SMILES string of the molecule is C/C=C(\C)[Si]O[Si]. The van der Waals surface area contributed by atoms with E-state index in [1.165, 1.54) is 5.20 Å². The second-order valence-electron chi connectivity index (χ2n) is 1.18. The average Bonchev–Trinajstić information content (AvgIpc) is 1.68. The molecule has 0 unspecified atom stereocenters. The third-order valence-corrected chi connectivity index (χ3v) is 1.66. The molecule has 0 aromatic carbocycles. The Bertz CT molecular complexity index is 70.1. The van der Waals surface area contributed by atoms with Gasteiger partial charge < -0.3 is 4.12 Å². The van der Waals surface area contributed by atoms with Crippen LogP contribution in [-0.4, -0.2) is 20.2 Å². The van der Waals surface area contributed by atoms with Crippen LogP contribution in [0.4, 0.5) is 0 Å². The first-order valence-electron chi connectivity index (χ1n) is 2.02. The molecule has 0 spiro atoms. The first kappa shape index (κ1) is 7.13. The van der Waals surface area contributed by atoms with E-state index in [1.54, 1.807) is 0 Å². The fourth-order valence-corrected chi connectivity index (χ4v) is 0.901. The van der Waals surface area contributed by atoms with Crippen molar-refractivity contribution < 1.29 is 4.12 Å². The zero-order chi connectivity index (χ0) is 5.70. The summed E-state index contributed by atoms with van der Waals surface area (Å²) in [7, 11) is 3.37. The lowest BCUT2D eigenvalue weighted by Gasteiger charge is -1.89. The van der Waals surface area contributed by atoms with E-state index in [2.05, 4.69) is 14.6 Å². The quantitative estimate of drug-likeness (QED) is 0.494. The van der Waals surface area contributed by atoms with Gasteiger partial charge in [-0.15, -0.1) is 0 Å². The molecule has 0 atom stereocenters. The summed E-state index contributed by atoms with van der Waals surface area (Å²) in [5.41, 5.74) is 0. The third-order valence-electron chi connectivity index (χ3n) is 0.645. The monoisotopic (exact) mass is 127 g/mol. The highest BCUT2D eigenvalue weighted by Crippen LogP contribution is 1.85. The molecular weight excluding hydrogens is 120 g/mol. The summed E-state index contributed by atoms with van der Waals surface area (Å²) in [4.78, 5) is 0. The molecule has 0 heterocycles. The van der Waals surface area contributed by atoms with Crippen molar-refractivity contribution in [1.82, 2.24) is 0 Å². The summed E-state index contributed by atoms with van der Waals surface area (Å²) in [6, 6.07) is 0. The van der Waals surface area contributed by atoms with Crippen LogP contribution in [0.3, 0.4) is 0 Å². The normalized spacial score (nSPS) is 12.1. The summed E-state index contributed by atoms with van der Waals surface area (Å²) in [6.07, 6.45) is 2.03. The van der Waals surface area contributed by atoms with E-state index in [1.807, 2.05) is 19.9 Å². The van der Waals surface area contributed by atoms with Crippen LogP contribution in [0.2, 0.25) is 0 Å². The Morgan fingerprint density at radius 2 is 2.43 bits per heavy atom. The highest BCUT2D eigenvalue weighted by Gasteiger charge is 1.84. The van der Waals surface area contributed by atoms with Gasteiger partial charge in [0.05, 0.1) is 0 Å². The van der Waals surface area contributed by atoms with Gasteiger partial charge in [-0.2, -0.15) is 0 Å². The van der Waals surface area contributed by atoms with E-state index in [-0.39, 0.29) is 0 Å². The number of hydrogen-bond acceptors (Lipinski definition) is 1. The topological polar surface area (TPSA) is 9.23 Å². The average molecular weight is 127 g/mol. The lowest BCUT2D eigenvalue weighted by atomic mass is 10.6. The molecule has 0 aromatic rings. The number of allylic oxidation sites excluding steroid dienone is 2. The molecule has 0 amide bonds. The Morgan fingerprint density at radius 1 is 1.86 bits per heavy atom. The minimum absolute atomic E-state index is 0.463. The van der Waals surface area contributed by atoms with Gasteiger partial charge in [0.25, 0.3) is 9.76 Å². The Kier molecular flexibility index (Phi) is 4.38. The van der Waals surface area contributed by atoms with Crippen LogP contribution >= 0.6 is 0 Å². The summed E-state index contributed by atoms with van der Waals surface area (Å²) < 4.78 is 4.66. The minimum atomic E-state index is 0.463. The second-order valence-corrected chi connectivity index (χ2v) is 2.99. The molecule has 7 heavy (non-hydrogen) atoms. The van der Waals surface area contributed by atoms with Gasteiger partial charge in [-0.25, -0.2) is 0 Å². The maximum absolute atomic E-state index is 4.66. The van der Waals surface area contributed by atoms with Crippen molar-refractivity contribution in [2.24, 2.45) is 0 Å². The predicted molar refractivity (Wildman–Crippen MR) is 32.0 cm³/mol. The van der Waals surface area contributed by atoms with Crippen LogP contribution in [0.1, 0.15) is 13.8 Å². The first-order valence-corrected chi connectivity index (χ1v) is 3.34. The smallest absolute Gasteiger partial charge is 0.251 e. The summed E-state index contributed by atoms with van der Waals surface area (Å²) in [6.45, 7) is 4.02. The van der Waals surface area contributed by atoms with Crippen LogP contribution in [0.15, 0.2) is 11.3 Å². The Hall–Kier alpha value is 0.134. The highest BCUT2D eigenvalue weighted by atomic mass is 28.3. The van der Waals surface area contributed by atoms with Crippen molar-refractivity contribution >= 4 is 20.2 Å². The van der Waals surface area contributed by atoms with Crippen molar-refractivity contribution in [1.29, 1.82) is 0 Å². The van der Waals surface area contributed by atoms with Crippen LogP contribution < -0.4 is 0 Å². The van der Waals surface area contributed by atoms with Gasteiger partial charge in [0.1, 0.15) is 0 Å². The molecule has 0 aromatic heterocycles. The lowest BCUT2D eigenvalue weighted by molar-refractivity contribution is 0.671. The zero-order valence-electron chi connectivity index (χ0n) is 4.49. The standard InChI is InChI=1S/C4H7OSi2/c1-3-4(2)7-5-6/h3H,1-2H3/b4-3+. The molecule has 5 radical (unpaired) electrons. The molecular formula is C4H7OSi2. The Morgan fingerprint density at radius 3 is 2.57 bits per heavy atom. The van der Waals surface area contributed by atoms with Gasteiger partial charge in [0.15, 0.2) is 0 Å². The van der Waals surface area contributed by atoms with Gasteiger partial charge in [-0.3, -0.25) is 0 Å². The Balaban J connectivity index is 3.17. The maximum atomic E-state index is 4.66. The van der Waals surface area contributed by atoms with Gasteiger partial charge >= 0.3 is 0 Å². The molecule has 0 bridgehead atoms. The van der Waals surface area contributed by atoms with Gasteiger partial charge in [0.2, 0.25) is 10.5 Å². The van der Waals surface area contributed by atoms with E-state index in [4.69, 9.17) is 0 Å². The first-order chi connectivity index (χ1) is 3.31. The molecule has 0 saturated heterocycles. The molecule has 0 rings (SSSR count). The Labute approximate surface area is 50.3 Å². The molecule has 0 N–H and O–H groups in total. The largest absolute Gasteiger partial charge is 0.454 e. The molecule has 37 valence electrons. The second kappa shape index (κ2) is 4.30. The number of hydrogen-bond donors (Lipinski definition) is 0. The molecule has 1 nitrogen and oxygen atoms in total. The van der Waals surface area contributed by atoms with Crippen LogP contribution in [-0.2, 0) is 4.12 Å². The summed E-state index contributed by atoms with van der Waals surface area (Å²) in [5.74, 6) is 0. The van der Waals surface area contributed by atoms with E-state index in [9.17, 15) is 0 Å². The van der Waals surface area contributed by atoms with Crippen molar-refractivity contribution in [3.05, 3.63) is 11.3 Å². The van der Waals surface area contributed by atoms with Crippen molar-refractivity contribution in [3.8, 4) is 0 Å². The highest BCUT2D eigenvalue weighted by molar-refractivity contribution is 6.42. The molecule has 0 saturated carbocycles. The predicted octanol–water partition coefficient (Wildman–Crippen LogP) is 0.629. The minimum Gasteiger partial charge on any atom is -0.454 e. The zero-order valence-corrected chi connectivity index (χ0v) is 6.49. The van der Waals surface area contributed by atoms with E-state index in [0.717, 1.165) is 0 Å². The molecule has 0 aliphatic carbocycles. The van der Waals surface area contributed by atoms with E-state index in [0.29, 0.717) is 9.76 Å². The van der Waals surface area contributed by atoms with Gasteiger partial charge in [-0.05, 0) is 13.8 Å².